The molecular formula is C16H20N2O3S. The van der Waals surface area contributed by atoms with Crippen molar-refractivity contribution in [3.05, 3.63) is 47.3 Å². The van der Waals surface area contributed by atoms with Gasteiger partial charge in [0.05, 0.1) is 17.0 Å². The molecule has 0 saturated heterocycles. The second-order valence-electron chi connectivity index (χ2n) is 4.82. The summed E-state index contributed by atoms with van der Waals surface area (Å²) in [6.45, 7) is 3.13. The maximum absolute atomic E-state index is 12.2. The largest absolute Gasteiger partial charge is 0.385 e. The number of ether oxygens (including phenoxy) is 1. The maximum atomic E-state index is 12.2. The molecule has 1 heterocycles. The summed E-state index contributed by atoms with van der Waals surface area (Å²) in [5, 5.41) is 6.77. The molecule has 22 heavy (non-hydrogen) atoms. The molecule has 0 spiro atoms. The number of hydrogen-bond donors (Lipinski definition) is 1. The fourth-order valence-corrected chi connectivity index (χ4v) is 2.85. The number of nitrogens with one attached hydrogen (secondary N) is 1. The summed E-state index contributed by atoms with van der Waals surface area (Å²) in [4.78, 5) is 13.2. The van der Waals surface area contributed by atoms with Crippen molar-refractivity contribution in [2.24, 2.45) is 0 Å². The predicted octanol–water partition coefficient (Wildman–Crippen LogP) is 3.04. The lowest BCUT2D eigenvalue weighted by Crippen LogP contribution is -2.25. The Morgan fingerprint density at radius 1 is 1.41 bits per heavy atom. The highest BCUT2D eigenvalue weighted by atomic mass is 32.2. The minimum absolute atomic E-state index is 0.0621. The van der Waals surface area contributed by atoms with Crippen molar-refractivity contribution in [1.82, 2.24) is 10.5 Å². The molecule has 1 amide bonds. The fourth-order valence-electron chi connectivity index (χ4n) is 1.93. The first-order valence-electron chi connectivity index (χ1n) is 7.12. The van der Waals surface area contributed by atoms with Crippen molar-refractivity contribution in [3.8, 4) is 0 Å². The molecule has 1 aromatic carbocycles. The van der Waals surface area contributed by atoms with Crippen LogP contribution in [0.1, 0.15) is 28.2 Å². The first-order valence-corrected chi connectivity index (χ1v) is 8.10. The van der Waals surface area contributed by atoms with Crippen LogP contribution in [-0.2, 0) is 10.5 Å². The number of rotatable bonds is 8. The molecule has 0 aliphatic heterocycles. The van der Waals surface area contributed by atoms with E-state index in [0.29, 0.717) is 24.5 Å². The van der Waals surface area contributed by atoms with E-state index >= 15 is 0 Å². The van der Waals surface area contributed by atoms with Crippen LogP contribution in [0.3, 0.4) is 0 Å². The van der Waals surface area contributed by atoms with Gasteiger partial charge in [0.15, 0.2) is 0 Å². The average molecular weight is 320 g/mol. The van der Waals surface area contributed by atoms with E-state index in [1.54, 1.807) is 18.9 Å². The van der Waals surface area contributed by atoms with E-state index in [9.17, 15) is 4.79 Å². The van der Waals surface area contributed by atoms with Crippen LogP contribution in [0, 0.1) is 6.92 Å². The van der Waals surface area contributed by atoms with Crippen LogP contribution in [0.5, 0.6) is 0 Å². The molecule has 0 saturated carbocycles. The number of benzene rings is 1. The van der Waals surface area contributed by atoms with Crippen molar-refractivity contribution in [3.63, 3.8) is 0 Å². The number of thioether (sulfide) groups is 1. The second-order valence-corrected chi connectivity index (χ2v) is 5.84. The zero-order valence-electron chi connectivity index (χ0n) is 12.8. The lowest BCUT2D eigenvalue weighted by molar-refractivity contribution is 0.0945. The minimum Gasteiger partial charge on any atom is -0.385 e. The van der Waals surface area contributed by atoms with Crippen LogP contribution in [0.15, 0.2) is 39.8 Å². The molecular weight excluding hydrogens is 300 g/mol. The number of hydrogen-bond acceptors (Lipinski definition) is 5. The third-order valence-corrected chi connectivity index (χ3v) is 4.09. The van der Waals surface area contributed by atoms with E-state index in [1.807, 2.05) is 37.3 Å². The Balaban J connectivity index is 1.95. The summed E-state index contributed by atoms with van der Waals surface area (Å²) >= 11 is 1.57. The van der Waals surface area contributed by atoms with Crippen LogP contribution in [-0.4, -0.2) is 31.3 Å². The highest BCUT2D eigenvalue weighted by Crippen LogP contribution is 2.26. The number of aryl methyl sites for hydroxylation is 1. The number of aromatic nitrogens is 1. The normalized spacial score (nSPS) is 10.6. The zero-order valence-corrected chi connectivity index (χ0v) is 13.6. The van der Waals surface area contributed by atoms with Crippen molar-refractivity contribution < 1.29 is 14.1 Å². The average Bonchev–Trinajstić information content (AvgIpc) is 2.95. The van der Waals surface area contributed by atoms with Gasteiger partial charge in [0.25, 0.3) is 5.91 Å². The van der Waals surface area contributed by atoms with Gasteiger partial charge >= 0.3 is 0 Å². The Morgan fingerprint density at radius 2 is 2.23 bits per heavy atom. The maximum Gasteiger partial charge on any atom is 0.252 e. The lowest BCUT2D eigenvalue weighted by Gasteiger charge is -2.09. The Labute approximate surface area is 134 Å². The van der Waals surface area contributed by atoms with Crippen molar-refractivity contribution in [2.45, 2.75) is 24.0 Å². The van der Waals surface area contributed by atoms with Gasteiger partial charge in [0.2, 0.25) is 0 Å². The summed E-state index contributed by atoms with van der Waals surface area (Å²) in [5.41, 5.74) is 1.54. The van der Waals surface area contributed by atoms with Gasteiger partial charge in [-0.1, -0.05) is 17.3 Å². The van der Waals surface area contributed by atoms with E-state index in [2.05, 4.69) is 10.5 Å². The van der Waals surface area contributed by atoms with E-state index in [0.717, 1.165) is 22.8 Å². The van der Waals surface area contributed by atoms with Crippen molar-refractivity contribution in [1.29, 1.82) is 0 Å². The molecule has 1 aromatic heterocycles. The monoisotopic (exact) mass is 320 g/mol. The predicted molar refractivity (Wildman–Crippen MR) is 86.1 cm³/mol. The van der Waals surface area contributed by atoms with Gasteiger partial charge in [-0.05, 0) is 25.5 Å². The molecule has 2 rings (SSSR count). The lowest BCUT2D eigenvalue weighted by atomic mass is 10.2. The number of nitrogens with zero attached hydrogens (tertiary/aromatic N) is 1. The number of carbonyl (C=O) groups is 1. The highest BCUT2D eigenvalue weighted by molar-refractivity contribution is 7.98. The third-order valence-electron chi connectivity index (χ3n) is 2.99. The first-order chi connectivity index (χ1) is 10.7. The van der Waals surface area contributed by atoms with Gasteiger partial charge in [-0.25, -0.2) is 0 Å². The second kappa shape index (κ2) is 8.60. The molecule has 6 heteroatoms. The smallest absolute Gasteiger partial charge is 0.252 e. The van der Waals surface area contributed by atoms with Gasteiger partial charge in [0.1, 0.15) is 5.76 Å². The summed E-state index contributed by atoms with van der Waals surface area (Å²) in [7, 11) is 1.65. The minimum atomic E-state index is -0.0621. The molecule has 118 valence electrons. The van der Waals surface area contributed by atoms with Crippen LogP contribution in [0.4, 0.5) is 0 Å². The van der Waals surface area contributed by atoms with Crippen LogP contribution >= 0.6 is 11.8 Å². The Morgan fingerprint density at radius 3 is 2.95 bits per heavy atom. The van der Waals surface area contributed by atoms with E-state index in [-0.39, 0.29) is 5.91 Å². The van der Waals surface area contributed by atoms with Gasteiger partial charge in [0, 0.05) is 31.2 Å². The van der Waals surface area contributed by atoms with E-state index in [1.165, 1.54) is 0 Å². The molecule has 1 N–H and O–H groups in total. The zero-order chi connectivity index (χ0) is 15.8. The van der Waals surface area contributed by atoms with Gasteiger partial charge in [-0.2, -0.15) is 0 Å². The molecule has 0 fully saturated rings. The molecule has 0 aliphatic rings. The highest BCUT2D eigenvalue weighted by Gasteiger charge is 2.12. The summed E-state index contributed by atoms with van der Waals surface area (Å²) in [5.74, 6) is 1.39. The van der Waals surface area contributed by atoms with Gasteiger partial charge in [-0.3, -0.25) is 4.79 Å². The summed E-state index contributed by atoms with van der Waals surface area (Å²) in [6.07, 6.45) is 0.800. The standard InChI is InChI=1S/C16H20N2O3S/c1-12-10-13(21-18-12)11-22-15-7-4-3-6-14(15)16(19)17-8-5-9-20-2/h3-4,6-7,10H,5,8-9,11H2,1-2H3,(H,17,19). The fraction of sp³-hybridized carbons (Fsp3) is 0.375. The van der Waals surface area contributed by atoms with Crippen molar-refractivity contribution in [2.75, 3.05) is 20.3 Å². The Bertz CT molecular complexity index is 613. The summed E-state index contributed by atoms with van der Waals surface area (Å²) in [6, 6.07) is 9.47. The topological polar surface area (TPSA) is 64.4 Å². The molecule has 0 atom stereocenters. The quantitative estimate of drug-likeness (QED) is 0.598. The molecule has 0 aliphatic carbocycles. The van der Waals surface area contributed by atoms with Crippen molar-refractivity contribution >= 4 is 17.7 Å². The molecule has 0 bridgehead atoms. The van der Waals surface area contributed by atoms with Crippen LogP contribution in [0.2, 0.25) is 0 Å². The molecule has 0 radical (unpaired) electrons. The molecule has 5 nitrogen and oxygen atoms in total. The molecule has 0 unspecified atom stereocenters. The Kier molecular flexibility index (Phi) is 6.48. The number of methoxy groups -OCH3 is 1. The first kappa shape index (κ1) is 16.6. The van der Waals surface area contributed by atoms with Crippen LogP contribution < -0.4 is 5.32 Å². The Hall–Kier alpha value is -1.79. The van der Waals surface area contributed by atoms with Crippen LogP contribution in [0.25, 0.3) is 0 Å². The molecule has 2 aromatic rings. The SMILES string of the molecule is COCCCNC(=O)c1ccccc1SCc1cc(C)no1. The third kappa shape index (κ3) is 4.89. The number of carbonyl (C=O) groups excluding carboxylic acids is 1. The van der Waals surface area contributed by atoms with E-state index < -0.39 is 0 Å². The van der Waals surface area contributed by atoms with E-state index in [4.69, 9.17) is 9.26 Å². The summed E-state index contributed by atoms with van der Waals surface area (Å²) < 4.78 is 10.2. The van der Waals surface area contributed by atoms with Gasteiger partial charge in [-0.15, -0.1) is 11.8 Å². The van der Waals surface area contributed by atoms with Gasteiger partial charge < -0.3 is 14.6 Å². The number of amides is 1.